The molecule has 2 bridgehead atoms. The second-order valence-electron chi connectivity index (χ2n) is 12.7. The first-order chi connectivity index (χ1) is 16.1. The van der Waals surface area contributed by atoms with Gasteiger partial charge >= 0.3 is 12.0 Å². The Morgan fingerprint density at radius 1 is 1.23 bits per heavy atom. The van der Waals surface area contributed by atoms with E-state index in [-0.39, 0.29) is 30.2 Å². The number of urea groups is 1. The number of rotatable bonds is 6. The van der Waals surface area contributed by atoms with Gasteiger partial charge in [-0.25, -0.2) is 13.6 Å². The highest BCUT2D eigenvalue weighted by atomic mass is 35.5. The summed E-state index contributed by atoms with van der Waals surface area (Å²) in [6.07, 6.45) is 4.21. The predicted molar refractivity (Wildman–Crippen MR) is 129 cm³/mol. The van der Waals surface area contributed by atoms with E-state index in [4.69, 9.17) is 11.6 Å². The fourth-order valence-electron chi connectivity index (χ4n) is 6.45. The molecule has 1 heterocycles. The third kappa shape index (κ3) is 3.85. The van der Waals surface area contributed by atoms with Gasteiger partial charge in [-0.2, -0.15) is 0 Å². The van der Waals surface area contributed by atoms with Crippen LogP contribution in [-0.4, -0.2) is 33.5 Å². The number of nitrogens with one attached hydrogen (secondary N) is 1. The normalized spacial score (nSPS) is 33.7. The van der Waals surface area contributed by atoms with E-state index >= 15 is 0 Å². The van der Waals surface area contributed by atoms with E-state index in [1.807, 2.05) is 25.1 Å². The molecule has 1 aliphatic heterocycles. The van der Waals surface area contributed by atoms with Crippen LogP contribution in [0, 0.1) is 16.7 Å². The van der Waals surface area contributed by atoms with Crippen LogP contribution < -0.4 is 5.32 Å². The van der Waals surface area contributed by atoms with Gasteiger partial charge in [0.1, 0.15) is 0 Å². The number of nitrogens with zero attached hydrogens (tertiary/aromatic N) is 1. The third-order valence-corrected chi connectivity index (χ3v) is 9.04. The summed E-state index contributed by atoms with van der Waals surface area (Å²) in [5.41, 5.74) is 0.429. The maximum Gasteiger partial charge on any atom is 0.322 e. The van der Waals surface area contributed by atoms with Gasteiger partial charge in [0.15, 0.2) is 0 Å². The van der Waals surface area contributed by atoms with Crippen molar-refractivity contribution >= 4 is 23.6 Å². The van der Waals surface area contributed by atoms with Crippen molar-refractivity contribution in [1.29, 1.82) is 0 Å². The summed E-state index contributed by atoms with van der Waals surface area (Å²) >= 11 is 6.66. The number of hydrogen-bond donors (Lipinski definition) is 2. The first kappa shape index (κ1) is 24.5. The number of carboxylic acids is 1. The molecule has 5 nitrogen and oxygen atoms in total. The lowest BCUT2D eigenvalue weighted by molar-refractivity contribution is -0.215. The van der Waals surface area contributed by atoms with Crippen molar-refractivity contribution in [3.63, 3.8) is 0 Å². The summed E-state index contributed by atoms with van der Waals surface area (Å²) in [6.45, 7) is 8.38. The van der Waals surface area contributed by atoms with E-state index in [9.17, 15) is 23.5 Å². The van der Waals surface area contributed by atoms with E-state index in [0.29, 0.717) is 24.3 Å². The van der Waals surface area contributed by atoms with Crippen LogP contribution in [0.1, 0.15) is 77.3 Å². The number of alkyl halides is 2. The Morgan fingerprint density at radius 2 is 1.86 bits per heavy atom. The van der Waals surface area contributed by atoms with Crippen molar-refractivity contribution in [3.8, 4) is 0 Å². The van der Waals surface area contributed by atoms with Crippen molar-refractivity contribution < 1.29 is 23.5 Å². The van der Waals surface area contributed by atoms with Crippen LogP contribution in [0.25, 0.3) is 0 Å². The number of benzene rings is 1. The molecule has 4 saturated carbocycles. The quantitative estimate of drug-likeness (QED) is 0.463. The van der Waals surface area contributed by atoms with Crippen LogP contribution in [-0.2, 0) is 16.8 Å². The summed E-state index contributed by atoms with van der Waals surface area (Å²) in [5, 5.41) is 13.2. The summed E-state index contributed by atoms with van der Waals surface area (Å²) in [7, 11) is 0. The van der Waals surface area contributed by atoms with Gasteiger partial charge in [-0.15, -0.1) is 0 Å². The van der Waals surface area contributed by atoms with Crippen molar-refractivity contribution in [2.45, 2.75) is 89.6 Å². The van der Waals surface area contributed by atoms with Gasteiger partial charge in [0.2, 0.25) is 5.92 Å². The number of halogens is 3. The summed E-state index contributed by atoms with van der Waals surface area (Å²) in [4.78, 5) is 26.5. The van der Waals surface area contributed by atoms with Gasteiger partial charge in [-0.05, 0) is 73.1 Å². The smallest absolute Gasteiger partial charge is 0.322 e. The molecule has 0 spiro atoms. The molecule has 2 amide bonds. The highest BCUT2D eigenvalue weighted by molar-refractivity contribution is 6.31. The van der Waals surface area contributed by atoms with Crippen molar-refractivity contribution in [2.24, 2.45) is 16.7 Å². The van der Waals surface area contributed by atoms with Gasteiger partial charge in [-0.1, -0.05) is 44.5 Å². The number of aliphatic carboxylic acids is 1. The maximum atomic E-state index is 13.9. The fraction of sp³-hybridized carbons (Fsp3) is 0.630. The number of amides is 2. The second-order valence-corrected chi connectivity index (χ2v) is 13.1. The minimum atomic E-state index is -2.71. The Morgan fingerprint density at radius 3 is 2.37 bits per heavy atom. The zero-order valence-corrected chi connectivity index (χ0v) is 21.4. The van der Waals surface area contributed by atoms with Crippen LogP contribution in [0.2, 0.25) is 5.02 Å². The topological polar surface area (TPSA) is 69.6 Å². The van der Waals surface area contributed by atoms with Gasteiger partial charge in [0.05, 0.1) is 16.5 Å². The first-order valence-electron chi connectivity index (χ1n) is 12.3. The van der Waals surface area contributed by atoms with Gasteiger partial charge < -0.3 is 10.4 Å². The average Bonchev–Trinajstić information content (AvgIpc) is 2.63. The molecular weight excluding hydrogens is 474 g/mol. The molecule has 0 saturated heterocycles. The predicted octanol–water partition coefficient (Wildman–Crippen LogP) is 6.50. The molecule has 2 N–H and O–H groups in total. The van der Waals surface area contributed by atoms with E-state index in [0.717, 1.165) is 29.5 Å². The number of hydrogen-bond acceptors (Lipinski definition) is 2. The van der Waals surface area contributed by atoms with Crippen molar-refractivity contribution in [3.05, 3.63) is 46.1 Å². The lowest BCUT2D eigenvalue weighted by Gasteiger charge is -2.71. The van der Waals surface area contributed by atoms with Crippen LogP contribution >= 0.6 is 11.6 Å². The number of carbonyl (C=O) groups excluding carboxylic acids is 1. The standard InChI is InChI=1S/C27H33ClF2N2O3/c1-23(2,3)8-7-16-5-6-18(9-20(16)28)24(4)19(17-10-27(29,30)11-17)12-32(22(35)31-24)26-13-25(14-26,15-26)21(33)34/h5-6,9,12,17H,7-8,10-11,13-15H2,1-4H3,(H,31,35)(H,33,34)/t24-,25?,26?/m0/s1. The van der Waals surface area contributed by atoms with E-state index < -0.39 is 28.4 Å². The Labute approximate surface area is 209 Å². The monoisotopic (exact) mass is 506 g/mol. The Balaban J connectivity index is 1.46. The van der Waals surface area contributed by atoms with Crippen LogP contribution in [0.5, 0.6) is 0 Å². The number of carbonyl (C=O) groups is 2. The highest BCUT2D eigenvalue weighted by Crippen LogP contribution is 2.70. The van der Waals surface area contributed by atoms with Gasteiger partial charge in [0, 0.05) is 24.1 Å². The zero-order valence-electron chi connectivity index (χ0n) is 20.7. The Bertz CT molecular complexity index is 1110. The summed E-state index contributed by atoms with van der Waals surface area (Å²) in [5.74, 6) is -3.92. The minimum Gasteiger partial charge on any atom is -0.481 e. The number of carboxylic acid groups (broad SMARTS) is 1. The largest absolute Gasteiger partial charge is 0.481 e. The fourth-order valence-corrected chi connectivity index (χ4v) is 6.72. The SMILES string of the molecule is CC(C)(C)CCc1ccc([C@]2(C)NC(=O)N(C34CC(C(=O)O)(C3)C4)C=C2C2CC(F)(F)C2)cc1Cl. The second kappa shape index (κ2) is 7.44. The molecule has 1 atom stereocenters. The maximum absolute atomic E-state index is 13.9. The van der Waals surface area contributed by atoms with Crippen molar-refractivity contribution in [1.82, 2.24) is 10.2 Å². The average molecular weight is 507 g/mol. The molecule has 6 rings (SSSR count). The lowest BCUT2D eigenvalue weighted by Crippen LogP contribution is -2.78. The summed E-state index contributed by atoms with van der Waals surface area (Å²) in [6, 6.07) is 5.43. The first-order valence-corrected chi connectivity index (χ1v) is 12.7. The molecule has 35 heavy (non-hydrogen) atoms. The third-order valence-electron chi connectivity index (χ3n) is 8.69. The molecule has 1 aromatic carbocycles. The van der Waals surface area contributed by atoms with Crippen molar-refractivity contribution in [2.75, 3.05) is 0 Å². The Kier molecular flexibility index (Phi) is 5.21. The minimum absolute atomic E-state index is 0.167. The molecule has 0 aromatic heterocycles. The summed E-state index contributed by atoms with van der Waals surface area (Å²) < 4.78 is 27.8. The molecule has 190 valence electrons. The molecular formula is C27H33ClF2N2O3. The van der Waals surface area contributed by atoms with Gasteiger partial charge in [0.25, 0.3) is 0 Å². The van der Waals surface area contributed by atoms with Gasteiger partial charge in [-0.3, -0.25) is 9.69 Å². The number of aryl methyl sites for hydroxylation is 1. The molecule has 4 fully saturated rings. The zero-order chi connectivity index (χ0) is 25.6. The molecule has 8 heteroatoms. The lowest BCUT2D eigenvalue weighted by atomic mass is 9.38. The molecule has 0 radical (unpaired) electrons. The molecule has 0 unspecified atom stereocenters. The molecule has 1 aromatic rings. The molecule has 5 aliphatic rings. The van der Waals surface area contributed by atoms with Crippen LogP contribution in [0.3, 0.4) is 0 Å². The van der Waals surface area contributed by atoms with Crippen LogP contribution in [0.15, 0.2) is 30.0 Å². The van der Waals surface area contributed by atoms with E-state index in [1.165, 1.54) is 0 Å². The van der Waals surface area contributed by atoms with Crippen LogP contribution in [0.4, 0.5) is 13.6 Å². The molecule has 4 aliphatic carbocycles. The Hall–Kier alpha value is -2.15. The highest BCUT2D eigenvalue weighted by Gasteiger charge is 2.75. The van der Waals surface area contributed by atoms with E-state index in [1.54, 1.807) is 11.1 Å². The van der Waals surface area contributed by atoms with E-state index in [2.05, 4.69) is 26.1 Å².